The maximum Gasteiger partial charge on any atom is 0.345 e. The Bertz CT molecular complexity index is 1110. The second-order valence-corrected chi connectivity index (χ2v) is 14.3. The molecule has 8 atom stereocenters. The van der Waals surface area contributed by atoms with Gasteiger partial charge in [-0.05, 0) is 97.3 Å². The first-order valence-electron chi connectivity index (χ1n) is 15.7. The summed E-state index contributed by atoms with van der Waals surface area (Å²) in [5.41, 5.74) is 2.01. The minimum Gasteiger partial charge on any atom is -0.458 e. The molecule has 214 valence electrons. The number of para-hydroxylation sites is 1. The van der Waals surface area contributed by atoms with E-state index in [4.69, 9.17) is 4.74 Å². The SMILES string of the molecule is CC(C)CCCC(C)[C@H]1CC[C@H]2[C@@H]3CC=C4C[C@@H](OC(=O)c5ccccc5[N+](=O)[O-])CC[C@]4(C)[C@H]3CC[C@]12C. The first kappa shape index (κ1) is 28.4. The van der Waals surface area contributed by atoms with Crippen LogP contribution < -0.4 is 0 Å². The minimum atomic E-state index is -0.571. The van der Waals surface area contributed by atoms with Gasteiger partial charge >= 0.3 is 5.97 Å². The number of nitrogens with zero attached hydrogens (tertiary/aromatic N) is 1. The summed E-state index contributed by atoms with van der Waals surface area (Å²) in [6, 6.07) is 6.10. The van der Waals surface area contributed by atoms with E-state index in [1.807, 2.05) is 0 Å². The van der Waals surface area contributed by atoms with Gasteiger partial charge in [-0.1, -0.05) is 77.7 Å². The van der Waals surface area contributed by atoms with Crippen LogP contribution in [-0.2, 0) is 4.74 Å². The highest BCUT2D eigenvalue weighted by atomic mass is 16.6. The Kier molecular flexibility index (Phi) is 8.01. The van der Waals surface area contributed by atoms with Crippen molar-refractivity contribution < 1.29 is 14.5 Å². The quantitative estimate of drug-likeness (QED) is 0.144. The fourth-order valence-corrected chi connectivity index (χ4v) is 9.77. The summed E-state index contributed by atoms with van der Waals surface area (Å²) in [7, 11) is 0. The van der Waals surface area contributed by atoms with E-state index in [2.05, 4.69) is 40.7 Å². The van der Waals surface area contributed by atoms with Crippen LogP contribution in [0, 0.1) is 56.5 Å². The number of allylic oxidation sites excluding steroid dienone is 1. The molecule has 1 unspecified atom stereocenters. The lowest BCUT2D eigenvalue weighted by Gasteiger charge is -2.58. The number of esters is 1. The van der Waals surface area contributed by atoms with Gasteiger partial charge in [-0.15, -0.1) is 0 Å². The molecule has 0 spiro atoms. The highest BCUT2D eigenvalue weighted by Gasteiger charge is 2.59. The van der Waals surface area contributed by atoms with Crippen molar-refractivity contribution >= 4 is 11.7 Å². The van der Waals surface area contributed by atoms with Gasteiger partial charge < -0.3 is 4.74 Å². The van der Waals surface area contributed by atoms with Gasteiger partial charge in [-0.2, -0.15) is 0 Å². The van der Waals surface area contributed by atoms with Crippen molar-refractivity contribution in [2.75, 3.05) is 0 Å². The monoisotopic (exact) mass is 535 g/mol. The average Bonchev–Trinajstić information content (AvgIpc) is 3.26. The number of nitro benzene ring substituents is 1. The standard InChI is InChI=1S/C34H49NO4/c1-22(2)9-8-10-23(3)28-15-16-29-26-14-13-24-21-25(17-19-33(24,4)30(26)18-20-34(28,29)5)39-32(36)27-11-6-7-12-31(27)35(37)38/h6-7,11-13,22-23,25-26,28-30H,8-10,14-21H2,1-5H3/t23?,25-,26-,28+,29-,30-,33-,34+/m0/s1. The summed E-state index contributed by atoms with van der Waals surface area (Å²) in [5, 5.41) is 11.4. The van der Waals surface area contributed by atoms with E-state index in [-0.39, 0.29) is 22.8 Å². The van der Waals surface area contributed by atoms with E-state index in [1.54, 1.807) is 12.1 Å². The van der Waals surface area contributed by atoms with Crippen molar-refractivity contribution in [3.8, 4) is 0 Å². The zero-order valence-electron chi connectivity index (χ0n) is 24.8. The third-order valence-corrected chi connectivity index (χ3v) is 11.9. The number of carbonyl (C=O) groups excluding carboxylic acids is 1. The number of hydrogen-bond acceptors (Lipinski definition) is 4. The molecule has 3 saturated carbocycles. The highest BCUT2D eigenvalue weighted by Crippen LogP contribution is 2.67. The molecule has 1 aromatic rings. The summed E-state index contributed by atoms with van der Waals surface area (Å²) < 4.78 is 5.89. The summed E-state index contributed by atoms with van der Waals surface area (Å²) >= 11 is 0. The van der Waals surface area contributed by atoms with Crippen LogP contribution in [0.4, 0.5) is 5.69 Å². The van der Waals surface area contributed by atoms with Gasteiger partial charge in [0.2, 0.25) is 0 Å². The van der Waals surface area contributed by atoms with Crippen LogP contribution in [0.1, 0.15) is 116 Å². The first-order valence-corrected chi connectivity index (χ1v) is 15.7. The normalized spacial score (nSPS) is 36.4. The largest absolute Gasteiger partial charge is 0.458 e. The lowest BCUT2D eigenvalue weighted by molar-refractivity contribution is -0.385. The number of nitro groups is 1. The smallest absolute Gasteiger partial charge is 0.345 e. The number of hydrogen-bond donors (Lipinski definition) is 0. The molecule has 5 heteroatoms. The molecule has 0 bridgehead atoms. The van der Waals surface area contributed by atoms with E-state index in [0.717, 1.165) is 61.2 Å². The summed E-state index contributed by atoms with van der Waals surface area (Å²) in [6.45, 7) is 12.4. The van der Waals surface area contributed by atoms with Gasteiger partial charge in [0.25, 0.3) is 5.69 Å². The van der Waals surface area contributed by atoms with Crippen molar-refractivity contribution in [1.82, 2.24) is 0 Å². The van der Waals surface area contributed by atoms with Crippen LogP contribution in [0.2, 0.25) is 0 Å². The van der Waals surface area contributed by atoms with Gasteiger partial charge in [0, 0.05) is 12.5 Å². The minimum absolute atomic E-state index is 0.0503. The molecule has 0 N–H and O–H groups in total. The Morgan fingerprint density at radius 2 is 1.82 bits per heavy atom. The zero-order chi connectivity index (χ0) is 27.9. The van der Waals surface area contributed by atoms with Gasteiger partial charge in [0.05, 0.1) is 4.92 Å². The number of rotatable bonds is 8. The molecule has 0 saturated heterocycles. The predicted molar refractivity (Wildman–Crippen MR) is 155 cm³/mol. The lowest BCUT2D eigenvalue weighted by atomic mass is 9.47. The number of benzene rings is 1. The third-order valence-electron chi connectivity index (χ3n) is 11.9. The molecule has 0 aliphatic heterocycles. The summed E-state index contributed by atoms with van der Waals surface area (Å²) in [5.74, 6) is 4.25. The maximum atomic E-state index is 12.9. The zero-order valence-corrected chi connectivity index (χ0v) is 24.8. The molecule has 1 aromatic carbocycles. The lowest BCUT2D eigenvalue weighted by Crippen LogP contribution is -2.51. The molecular weight excluding hydrogens is 486 g/mol. The molecular formula is C34H49NO4. The summed E-state index contributed by atoms with van der Waals surface area (Å²) in [4.78, 5) is 23.8. The van der Waals surface area contributed by atoms with Crippen LogP contribution in [0.3, 0.4) is 0 Å². The molecule has 4 aliphatic rings. The van der Waals surface area contributed by atoms with Crippen LogP contribution in [-0.4, -0.2) is 17.0 Å². The van der Waals surface area contributed by atoms with Crippen LogP contribution in [0.5, 0.6) is 0 Å². The van der Waals surface area contributed by atoms with Gasteiger partial charge in [-0.25, -0.2) is 4.79 Å². The van der Waals surface area contributed by atoms with Crippen molar-refractivity contribution in [2.45, 2.75) is 111 Å². The Morgan fingerprint density at radius 1 is 1.05 bits per heavy atom. The van der Waals surface area contributed by atoms with Crippen molar-refractivity contribution in [1.29, 1.82) is 0 Å². The van der Waals surface area contributed by atoms with Gasteiger partial charge in [-0.3, -0.25) is 10.1 Å². The number of ether oxygens (including phenoxy) is 1. The Labute approximate surface area is 235 Å². The van der Waals surface area contributed by atoms with Gasteiger partial charge in [0.1, 0.15) is 11.7 Å². The second kappa shape index (κ2) is 11.0. The number of fused-ring (bicyclic) bond motifs is 5. The first-order chi connectivity index (χ1) is 18.5. The van der Waals surface area contributed by atoms with Crippen LogP contribution >= 0.6 is 0 Å². The maximum absolute atomic E-state index is 12.9. The van der Waals surface area contributed by atoms with Crippen molar-refractivity contribution in [2.24, 2.45) is 46.3 Å². The van der Waals surface area contributed by atoms with E-state index in [1.165, 1.54) is 62.7 Å². The van der Waals surface area contributed by atoms with Crippen molar-refractivity contribution in [3.05, 3.63) is 51.6 Å². The Balaban J connectivity index is 1.26. The molecule has 0 amide bonds. The Hall–Kier alpha value is -2.17. The van der Waals surface area contributed by atoms with Gasteiger partial charge in [0.15, 0.2) is 0 Å². The molecule has 3 fully saturated rings. The fraction of sp³-hybridized carbons (Fsp3) is 0.735. The second-order valence-electron chi connectivity index (χ2n) is 14.3. The molecule has 0 aromatic heterocycles. The van der Waals surface area contributed by atoms with E-state index < -0.39 is 10.9 Å². The molecule has 0 radical (unpaired) electrons. The molecule has 0 heterocycles. The van der Waals surface area contributed by atoms with E-state index >= 15 is 0 Å². The van der Waals surface area contributed by atoms with E-state index in [9.17, 15) is 14.9 Å². The molecule has 4 aliphatic carbocycles. The Morgan fingerprint density at radius 3 is 2.56 bits per heavy atom. The molecule has 5 rings (SSSR count). The van der Waals surface area contributed by atoms with Crippen LogP contribution in [0.25, 0.3) is 0 Å². The third kappa shape index (κ3) is 5.20. The predicted octanol–water partition coefficient (Wildman–Crippen LogP) is 9.16. The topological polar surface area (TPSA) is 69.4 Å². The van der Waals surface area contributed by atoms with E-state index in [0.29, 0.717) is 5.41 Å². The summed E-state index contributed by atoms with van der Waals surface area (Å²) in [6.07, 6.45) is 15.7. The molecule has 5 nitrogen and oxygen atoms in total. The average molecular weight is 536 g/mol. The highest BCUT2D eigenvalue weighted by molar-refractivity contribution is 5.94. The number of carbonyl (C=O) groups is 1. The van der Waals surface area contributed by atoms with Crippen molar-refractivity contribution in [3.63, 3.8) is 0 Å². The fourth-order valence-electron chi connectivity index (χ4n) is 9.77. The van der Waals surface area contributed by atoms with Crippen LogP contribution in [0.15, 0.2) is 35.9 Å². The molecule has 39 heavy (non-hydrogen) atoms.